The highest BCUT2D eigenvalue weighted by Gasteiger charge is 2.36. The van der Waals surface area contributed by atoms with Crippen LogP contribution in [0.4, 0.5) is 5.69 Å². The Labute approximate surface area is 177 Å². The maximum absolute atomic E-state index is 13.1. The summed E-state index contributed by atoms with van der Waals surface area (Å²) in [4.78, 5) is 31.8. The normalized spacial score (nSPS) is 23.9. The van der Waals surface area contributed by atoms with Crippen LogP contribution in [0.3, 0.4) is 0 Å². The molecule has 2 fully saturated rings. The van der Waals surface area contributed by atoms with Crippen molar-refractivity contribution in [1.82, 2.24) is 20.7 Å². The van der Waals surface area contributed by atoms with Gasteiger partial charge in [0.2, 0.25) is 11.8 Å². The molecule has 4 rings (SSSR count). The van der Waals surface area contributed by atoms with E-state index in [1.165, 1.54) is 0 Å². The Balaban J connectivity index is 1.35. The number of rotatable bonds is 4. The maximum atomic E-state index is 13.1. The van der Waals surface area contributed by atoms with Gasteiger partial charge in [-0.05, 0) is 74.1 Å². The lowest BCUT2D eigenvalue weighted by atomic mass is 9.95. The molecule has 0 aliphatic carbocycles. The van der Waals surface area contributed by atoms with Crippen LogP contribution in [-0.4, -0.2) is 40.8 Å². The van der Waals surface area contributed by atoms with Crippen LogP contribution >= 0.6 is 0 Å². The summed E-state index contributed by atoms with van der Waals surface area (Å²) in [5, 5.41) is 3.04. The van der Waals surface area contributed by atoms with Gasteiger partial charge in [0.05, 0.1) is 5.92 Å². The zero-order chi connectivity index (χ0) is 21.1. The molecule has 0 saturated carbocycles. The van der Waals surface area contributed by atoms with Crippen molar-refractivity contribution in [2.24, 2.45) is 5.92 Å². The van der Waals surface area contributed by atoms with Gasteiger partial charge in [-0.2, -0.15) is 0 Å². The van der Waals surface area contributed by atoms with E-state index in [-0.39, 0.29) is 29.8 Å². The minimum absolute atomic E-state index is 0.00957. The zero-order valence-electron chi connectivity index (χ0n) is 17.5. The molecule has 7 heteroatoms. The van der Waals surface area contributed by atoms with Gasteiger partial charge in [-0.25, -0.2) is 10.9 Å². The second-order valence-corrected chi connectivity index (χ2v) is 8.40. The predicted molar refractivity (Wildman–Crippen MR) is 116 cm³/mol. The van der Waals surface area contributed by atoms with Gasteiger partial charge in [-0.3, -0.25) is 14.6 Å². The first-order valence-electron chi connectivity index (χ1n) is 10.6. The lowest BCUT2D eigenvalue weighted by molar-refractivity contribution is -0.136. The lowest BCUT2D eigenvalue weighted by Gasteiger charge is -2.33. The first-order valence-corrected chi connectivity index (χ1v) is 10.6. The summed E-state index contributed by atoms with van der Waals surface area (Å²) in [6.45, 7) is 5.20. The van der Waals surface area contributed by atoms with E-state index in [0.29, 0.717) is 19.5 Å². The third-order valence-electron chi connectivity index (χ3n) is 5.90. The summed E-state index contributed by atoms with van der Waals surface area (Å²) in [5.74, 6) is -0.138. The fourth-order valence-corrected chi connectivity index (χ4v) is 4.44. The number of benzene rings is 1. The summed E-state index contributed by atoms with van der Waals surface area (Å²) in [5.41, 5.74) is 10.5. The van der Waals surface area contributed by atoms with Crippen molar-refractivity contribution in [3.63, 3.8) is 0 Å². The zero-order valence-corrected chi connectivity index (χ0v) is 17.5. The Kier molecular flexibility index (Phi) is 6.11. The molecule has 2 aliphatic rings. The monoisotopic (exact) mass is 407 g/mol. The summed E-state index contributed by atoms with van der Waals surface area (Å²) < 4.78 is 0. The van der Waals surface area contributed by atoms with E-state index in [0.717, 1.165) is 35.2 Å². The van der Waals surface area contributed by atoms with Gasteiger partial charge in [0, 0.05) is 37.2 Å². The van der Waals surface area contributed by atoms with Crippen LogP contribution in [0.5, 0.6) is 0 Å². The quantitative estimate of drug-likeness (QED) is 0.725. The molecule has 1 aromatic carbocycles. The summed E-state index contributed by atoms with van der Waals surface area (Å²) in [6.07, 6.45) is 5.84. The van der Waals surface area contributed by atoms with Crippen LogP contribution < -0.4 is 16.2 Å². The molecular weight excluding hydrogens is 378 g/mol. The molecule has 2 aromatic rings. The smallest absolute Gasteiger partial charge is 0.241 e. The second kappa shape index (κ2) is 8.93. The minimum Gasteiger partial charge on any atom is -0.341 e. The fourth-order valence-electron chi connectivity index (χ4n) is 4.44. The van der Waals surface area contributed by atoms with Crippen LogP contribution in [0, 0.1) is 19.8 Å². The number of hydrazine groups is 1. The molecule has 158 valence electrons. The molecule has 0 bridgehead atoms. The highest BCUT2D eigenvalue weighted by atomic mass is 16.2. The molecule has 0 spiro atoms. The van der Waals surface area contributed by atoms with Gasteiger partial charge in [0.25, 0.3) is 0 Å². The number of hydrogen-bond acceptors (Lipinski definition) is 5. The molecule has 3 N–H and O–H groups in total. The molecule has 30 heavy (non-hydrogen) atoms. The first kappa shape index (κ1) is 20.5. The van der Waals surface area contributed by atoms with Crippen molar-refractivity contribution in [3.8, 4) is 0 Å². The molecule has 2 aliphatic heterocycles. The Morgan fingerprint density at radius 1 is 1.10 bits per heavy atom. The predicted octanol–water partition coefficient (Wildman–Crippen LogP) is 2.48. The van der Waals surface area contributed by atoms with Gasteiger partial charge >= 0.3 is 0 Å². The number of aryl methyl sites for hydroxylation is 2. The van der Waals surface area contributed by atoms with Crippen molar-refractivity contribution in [2.45, 2.75) is 45.2 Å². The van der Waals surface area contributed by atoms with Crippen molar-refractivity contribution in [3.05, 3.63) is 59.4 Å². The minimum atomic E-state index is -0.288. The number of carbonyl (C=O) groups excluding carboxylic acids is 2. The Morgan fingerprint density at radius 2 is 1.83 bits per heavy atom. The van der Waals surface area contributed by atoms with Gasteiger partial charge in [0.1, 0.15) is 6.04 Å². The number of likely N-dealkylation sites (tertiary alicyclic amines) is 1. The Morgan fingerprint density at radius 3 is 2.57 bits per heavy atom. The van der Waals surface area contributed by atoms with Crippen LogP contribution in [0.15, 0.2) is 42.7 Å². The van der Waals surface area contributed by atoms with E-state index in [1.54, 1.807) is 12.4 Å². The molecule has 1 aromatic heterocycles. The molecule has 0 radical (unpaired) electrons. The average molecular weight is 408 g/mol. The number of pyridine rings is 1. The SMILES string of the molecule is Cc1cc(C)cc(NC(=O)C2CCCN(C(=O)C3CC(c4ccncc4)NN3)C2)c1. The van der Waals surface area contributed by atoms with Crippen molar-refractivity contribution >= 4 is 17.5 Å². The third kappa shape index (κ3) is 4.68. The highest BCUT2D eigenvalue weighted by molar-refractivity contribution is 5.93. The van der Waals surface area contributed by atoms with Crippen molar-refractivity contribution < 1.29 is 9.59 Å². The average Bonchev–Trinajstić information content (AvgIpc) is 3.23. The maximum Gasteiger partial charge on any atom is 0.241 e. The second-order valence-electron chi connectivity index (χ2n) is 8.40. The molecule has 2 amide bonds. The van der Waals surface area contributed by atoms with Crippen LogP contribution in [0.2, 0.25) is 0 Å². The number of anilines is 1. The fraction of sp³-hybridized carbons (Fsp3) is 0.435. The number of carbonyl (C=O) groups is 2. The third-order valence-corrected chi connectivity index (χ3v) is 5.90. The number of piperidine rings is 1. The Bertz CT molecular complexity index is 897. The number of hydrogen-bond donors (Lipinski definition) is 3. The van der Waals surface area contributed by atoms with Gasteiger partial charge < -0.3 is 10.2 Å². The van der Waals surface area contributed by atoms with Crippen LogP contribution in [-0.2, 0) is 9.59 Å². The molecule has 3 heterocycles. The lowest BCUT2D eigenvalue weighted by Crippen LogP contribution is -2.50. The summed E-state index contributed by atoms with van der Waals surface area (Å²) >= 11 is 0. The number of nitrogens with one attached hydrogen (secondary N) is 3. The molecule has 7 nitrogen and oxygen atoms in total. The Hall–Kier alpha value is -2.77. The van der Waals surface area contributed by atoms with E-state index in [4.69, 9.17) is 0 Å². The van der Waals surface area contributed by atoms with Crippen molar-refractivity contribution in [1.29, 1.82) is 0 Å². The van der Waals surface area contributed by atoms with Crippen molar-refractivity contribution in [2.75, 3.05) is 18.4 Å². The number of aromatic nitrogens is 1. The summed E-state index contributed by atoms with van der Waals surface area (Å²) in [7, 11) is 0. The molecule has 2 saturated heterocycles. The van der Waals surface area contributed by atoms with E-state index in [2.05, 4.69) is 27.2 Å². The highest BCUT2D eigenvalue weighted by Crippen LogP contribution is 2.25. The van der Waals surface area contributed by atoms with Crippen LogP contribution in [0.25, 0.3) is 0 Å². The standard InChI is InChI=1S/C23H29N5O2/c1-15-10-16(2)12-19(11-15)25-22(29)18-4-3-9-28(14-18)23(30)21-13-20(26-27-21)17-5-7-24-8-6-17/h5-8,10-12,18,20-21,26-27H,3-4,9,13-14H2,1-2H3,(H,25,29). The van der Waals surface area contributed by atoms with E-state index in [1.807, 2.05) is 43.0 Å². The van der Waals surface area contributed by atoms with Gasteiger partial charge in [0.15, 0.2) is 0 Å². The van der Waals surface area contributed by atoms with Gasteiger partial charge in [-0.15, -0.1) is 0 Å². The van der Waals surface area contributed by atoms with Crippen LogP contribution in [0.1, 0.15) is 42.0 Å². The first-order chi connectivity index (χ1) is 14.5. The molecule has 3 unspecified atom stereocenters. The van der Waals surface area contributed by atoms with Gasteiger partial charge in [-0.1, -0.05) is 6.07 Å². The topological polar surface area (TPSA) is 86.4 Å². The van der Waals surface area contributed by atoms with E-state index < -0.39 is 0 Å². The van der Waals surface area contributed by atoms with E-state index in [9.17, 15) is 9.59 Å². The summed E-state index contributed by atoms with van der Waals surface area (Å²) in [6, 6.07) is 9.74. The largest absolute Gasteiger partial charge is 0.341 e. The number of amides is 2. The van der Waals surface area contributed by atoms with E-state index >= 15 is 0 Å². The molecular formula is C23H29N5O2. The molecule has 3 atom stereocenters. The number of nitrogens with zero attached hydrogens (tertiary/aromatic N) is 2.